The van der Waals surface area contributed by atoms with E-state index in [9.17, 15) is 24.5 Å². The number of benzene rings is 2. The Bertz CT molecular complexity index is 1170. The number of barbiturate groups is 1. The number of rotatable bonds is 6. The standard InChI is InChI=1S/C23H20BrN3O6/c24-16-8-9-20(33-13-14-4-3-7-18(10-14)27(31)32)15(11-16)12-19-21(28)25-23(30)26(22(19)29)17-5-1-2-6-17/h3-4,7-12,17H,1-2,5-6,13H2,(H,25,28,30)/b19-12+. The highest BCUT2D eigenvalue weighted by molar-refractivity contribution is 9.10. The zero-order chi connectivity index (χ0) is 23.5. The van der Waals surface area contributed by atoms with Crippen molar-refractivity contribution < 1.29 is 24.0 Å². The molecule has 2 aromatic carbocycles. The summed E-state index contributed by atoms with van der Waals surface area (Å²) in [6.45, 7) is 0.0479. The van der Waals surface area contributed by atoms with Crippen molar-refractivity contribution in [3.05, 3.63) is 73.8 Å². The van der Waals surface area contributed by atoms with Gasteiger partial charge < -0.3 is 4.74 Å². The average molecular weight is 514 g/mol. The Morgan fingerprint density at radius 2 is 1.91 bits per heavy atom. The van der Waals surface area contributed by atoms with Crippen LogP contribution in [0.15, 0.2) is 52.5 Å². The number of amides is 4. The number of non-ortho nitro benzene ring substituents is 1. The number of imide groups is 2. The highest BCUT2D eigenvalue weighted by atomic mass is 79.9. The van der Waals surface area contributed by atoms with Gasteiger partial charge in [0.1, 0.15) is 17.9 Å². The summed E-state index contributed by atoms with van der Waals surface area (Å²) >= 11 is 3.38. The molecule has 1 aliphatic heterocycles. The van der Waals surface area contributed by atoms with Crippen molar-refractivity contribution in [1.82, 2.24) is 10.2 Å². The van der Waals surface area contributed by atoms with Crippen molar-refractivity contribution in [2.75, 3.05) is 0 Å². The van der Waals surface area contributed by atoms with Crippen LogP contribution in [0.4, 0.5) is 10.5 Å². The molecular formula is C23H20BrN3O6. The fourth-order valence-corrected chi connectivity index (χ4v) is 4.38. The normalized spacial score (nSPS) is 18.0. The average Bonchev–Trinajstić information content (AvgIpc) is 3.30. The molecule has 4 rings (SSSR count). The second-order valence-corrected chi connectivity index (χ2v) is 8.74. The number of ether oxygens (including phenoxy) is 1. The lowest BCUT2D eigenvalue weighted by Gasteiger charge is -2.31. The molecule has 2 aromatic rings. The smallest absolute Gasteiger partial charge is 0.331 e. The number of hydrogen-bond donors (Lipinski definition) is 1. The summed E-state index contributed by atoms with van der Waals surface area (Å²) in [5.41, 5.74) is 0.847. The van der Waals surface area contributed by atoms with Gasteiger partial charge in [-0.15, -0.1) is 0 Å². The molecule has 1 saturated heterocycles. The van der Waals surface area contributed by atoms with Crippen LogP contribution >= 0.6 is 15.9 Å². The predicted octanol–water partition coefficient (Wildman–Crippen LogP) is 4.34. The first-order valence-electron chi connectivity index (χ1n) is 10.4. The molecule has 33 heavy (non-hydrogen) atoms. The molecule has 0 radical (unpaired) electrons. The van der Waals surface area contributed by atoms with Gasteiger partial charge in [-0.3, -0.25) is 29.9 Å². The fourth-order valence-electron chi connectivity index (χ4n) is 4.01. The van der Waals surface area contributed by atoms with Crippen molar-refractivity contribution in [2.24, 2.45) is 0 Å². The number of carbonyl (C=O) groups is 3. The van der Waals surface area contributed by atoms with Crippen LogP contribution in [-0.2, 0) is 16.2 Å². The number of nitrogens with zero attached hydrogens (tertiary/aromatic N) is 2. The molecule has 2 fully saturated rings. The zero-order valence-electron chi connectivity index (χ0n) is 17.5. The van der Waals surface area contributed by atoms with Gasteiger partial charge in [0.05, 0.1) is 4.92 Å². The van der Waals surface area contributed by atoms with Crippen LogP contribution in [-0.4, -0.2) is 33.7 Å². The van der Waals surface area contributed by atoms with Crippen molar-refractivity contribution >= 4 is 45.5 Å². The van der Waals surface area contributed by atoms with E-state index in [2.05, 4.69) is 21.2 Å². The minimum atomic E-state index is -0.760. The maximum Gasteiger partial charge on any atom is 0.331 e. The Kier molecular flexibility index (Phi) is 6.55. The Morgan fingerprint density at radius 3 is 2.64 bits per heavy atom. The minimum Gasteiger partial charge on any atom is -0.488 e. The molecule has 1 N–H and O–H groups in total. The van der Waals surface area contributed by atoms with Gasteiger partial charge in [0, 0.05) is 28.2 Å². The van der Waals surface area contributed by atoms with E-state index in [0.717, 1.165) is 30.6 Å². The molecule has 0 spiro atoms. The third-order valence-electron chi connectivity index (χ3n) is 5.61. The first kappa shape index (κ1) is 22.7. The van der Waals surface area contributed by atoms with Crippen LogP contribution in [0.2, 0.25) is 0 Å². The lowest BCUT2D eigenvalue weighted by Crippen LogP contribution is -2.57. The number of nitro benzene ring substituents is 1. The van der Waals surface area contributed by atoms with Crippen molar-refractivity contribution in [1.29, 1.82) is 0 Å². The van der Waals surface area contributed by atoms with Gasteiger partial charge in [-0.2, -0.15) is 0 Å². The molecule has 0 atom stereocenters. The van der Waals surface area contributed by atoms with E-state index in [1.165, 1.54) is 18.2 Å². The van der Waals surface area contributed by atoms with E-state index >= 15 is 0 Å². The van der Waals surface area contributed by atoms with Gasteiger partial charge in [0.25, 0.3) is 17.5 Å². The third kappa shape index (κ3) is 4.95. The highest BCUT2D eigenvalue weighted by Crippen LogP contribution is 2.30. The summed E-state index contributed by atoms with van der Waals surface area (Å²) in [6.07, 6.45) is 4.69. The molecule has 1 heterocycles. The van der Waals surface area contributed by atoms with E-state index in [1.54, 1.807) is 30.3 Å². The Labute approximate surface area is 197 Å². The van der Waals surface area contributed by atoms with Gasteiger partial charge in [-0.25, -0.2) is 4.79 Å². The Hall–Kier alpha value is -3.53. The molecule has 1 aliphatic carbocycles. The maximum atomic E-state index is 13.1. The molecule has 0 bridgehead atoms. The van der Waals surface area contributed by atoms with E-state index in [1.807, 2.05) is 0 Å². The summed E-state index contributed by atoms with van der Waals surface area (Å²) in [6, 6.07) is 10.3. The lowest BCUT2D eigenvalue weighted by molar-refractivity contribution is -0.384. The van der Waals surface area contributed by atoms with Gasteiger partial charge >= 0.3 is 6.03 Å². The molecular weight excluding hydrogens is 494 g/mol. The summed E-state index contributed by atoms with van der Waals surface area (Å²) < 4.78 is 6.56. The monoisotopic (exact) mass is 513 g/mol. The van der Waals surface area contributed by atoms with Crippen LogP contribution in [0, 0.1) is 10.1 Å². The Balaban J connectivity index is 1.62. The van der Waals surface area contributed by atoms with E-state index in [-0.39, 0.29) is 23.9 Å². The largest absolute Gasteiger partial charge is 0.488 e. The number of halogens is 1. The summed E-state index contributed by atoms with van der Waals surface area (Å²) in [7, 11) is 0. The Morgan fingerprint density at radius 1 is 1.15 bits per heavy atom. The van der Waals surface area contributed by atoms with Crippen LogP contribution in [0.1, 0.15) is 36.8 Å². The van der Waals surface area contributed by atoms with Crippen molar-refractivity contribution in [2.45, 2.75) is 38.3 Å². The molecule has 1 saturated carbocycles. The third-order valence-corrected chi connectivity index (χ3v) is 6.10. The number of urea groups is 1. The van der Waals surface area contributed by atoms with Gasteiger partial charge in [0.2, 0.25) is 0 Å². The fraction of sp³-hybridized carbons (Fsp3) is 0.261. The zero-order valence-corrected chi connectivity index (χ0v) is 19.0. The van der Waals surface area contributed by atoms with Crippen LogP contribution < -0.4 is 10.1 Å². The number of nitrogens with one attached hydrogen (secondary N) is 1. The van der Waals surface area contributed by atoms with Crippen LogP contribution in [0.5, 0.6) is 5.75 Å². The first-order chi connectivity index (χ1) is 15.8. The van der Waals surface area contributed by atoms with E-state index in [4.69, 9.17) is 4.74 Å². The summed E-state index contributed by atoms with van der Waals surface area (Å²) in [5.74, 6) is -1.01. The predicted molar refractivity (Wildman–Crippen MR) is 122 cm³/mol. The number of hydrogen-bond acceptors (Lipinski definition) is 6. The van der Waals surface area contributed by atoms with E-state index in [0.29, 0.717) is 21.3 Å². The second-order valence-electron chi connectivity index (χ2n) is 7.83. The maximum absolute atomic E-state index is 13.1. The summed E-state index contributed by atoms with van der Waals surface area (Å²) in [5, 5.41) is 13.3. The highest BCUT2D eigenvalue weighted by Gasteiger charge is 2.40. The molecule has 2 aliphatic rings. The van der Waals surface area contributed by atoms with Crippen LogP contribution in [0.3, 0.4) is 0 Å². The topological polar surface area (TPSA) is 119 Å². The number of nitro groups is 1. The molecule has 0 aromatic heterocycles. The summed E-state index contributed by atoms with van der Waals surface area (Å²) in [4.78, 5) is 49.5. The molecule has 10 heteroatoms. The van der Waals surface area contributed by atoms with Crippen molar-refractivity contribution in [3.63, 3.8) is 0 Å². The molecule has 4 amide bonds. The van der Waals surface area contributed by atoms with Crippen molar-refractivity contribution in [3.8, 4) is 5.75 Å². The van der Waals surface area contributed by atoms with Gasteiger partial charge in [0.15, 0.2) is 0 Å². The molecule has 0 unspecified atom stereocenters. The second kappa shape index (κ2) is 9.53. The number of carbonyl (C=O) groups excluding carboxylic acids is 3. The molecule has 170 valence electrons. The van der Waals surface area contributed by atoms with Gasteiger partial charge in [-0.1, -0.05) is 40.9 Å². The van der Waals surface area contributed by atoms with E-state index < -0.39 is 22.8 Å². The quantitative estimate of drug-likeness (QED) is 0.265. The lowest BCUT2D eigenvalue weighted by atomic mass is 10.0. The minimum absolute atomic E-state index is 0.0459. The van der Waals surface area contributed by atoms with Gasteiger partial charge in [-0.05, 0) is 42.7 Å². The molecule has 9 nitrogen and oxygen atoms in total. The SMILES string of the molecule is O=C1NC(=O)N(C2CCCC2)C(=O)/C1=C/c1cc(Br)ccc1OCc1cccc([N+](=O)[O-])c1. The van der Waals surface area contributed by atoms with Crippen LogP contribution in [0.25, 0.3) is 6.08 Å². The first-order valence-corrected chi connectivity index (χ1v) is 11.2.